The first kappa shape index (κ1) is 12.8. The number of nitrogens with zero attached hydrogens (tertiary/aromatic N) is 3. The fourth-order valence-corrected chi connectivity index (χ4v) is 2.42. The SMILES string of the molecule is O=C(CC1CCNC1)Nc1cccnc1-n1cccn1. The number of amides is 1. The molecule has 1 saturated heterocycles. The topological polar surface area (TPSA) is 71.8 Å². The van der Waals surface area contributed by atoms with Crippen LogP contribution in [-0.2, 0) is 4.79 Å². The molecule has 20 heavy (non-hydrogen) atoms. The van der Waals surface area contributed by atoms with E-state index in [4.69, 9.17) is 0 Å². The van der Waals surface area contributed by atoms with Crippen LogP contribution in [-0.4, -0.2) is 33.8 Å². The Morgan fingerprint density at radius 2 is 2.40 bits per heavy atom. The van der Waals surface area contributed by atoms with Crippen molar-refractivity contribution in [3.05, 3.63) is 36.8 Å². The van der Waals surface area contributed by atoms with Crippen LogP contribution in [0, 0.1) is 5.92 Å². The average Bonchev–Trinajstić information content (AvgIpc) is 3.11. The van der Waals surface area contributed by atoms with Gasteiger partial charge in [0.05, 0.1) is 5.69 Å². The van der Waals surface area contributed by atoms with Crippen LogP contribution in [0.5, 0.6) is 0 Å². The number of carbonyl (C=O) groups is 1. The van der Waals surface area contributed by atoms with Crippen LogP contribution in [0.15, 0.2) is 36.8 Å². The third kappa shape index (κ3) is 2.85. The van der Waals surface area contributed by atoms with E-state index in [9.17, 15) is 4.79 Å². The zero-order valence-electron chi connectivity index (χ0n) is 11.1. The second-order valence-electron chi connectivity index (χ2n) is 4.94. The lowest BCUT2D eigenvalue weighted by Crippen LogP contribution is -2.19. The third-order valence-corrected chi connectivity index (χ3v) is 3.42. The highest BCUT2D eigenvalue weighted by atomic mass is 16.1. The van der Waals surface area contributed by atoms with Gasteiger partial charge in [0.2, 0.25) is 5.91 Å². The van der Waals surface area contributed by atoms with E-state index < -0.39 is 0 Å². The average molecular weight is 271 g/mol. The zero-order valence-corrected chi connectivity index (χ0v) is 11.1. The van der Waals surface area contributed by atoms with Crippen LogP contribution in [0.3, 0.4) is 0 Å². The summed E-state index contributed by atoms with van der Waals surface area (Å²) in [5, 5.41) is 10.4. The molecule has 2 N–H and O–H groups in total. The Kier molecular flexibility index (Phi) is 3.73. The monoisotopic (exact) mass is 271 g/mol. The van der Waals surface area contributed by atoms with Gasteiger partial charge in [0.15, 0.2) is 5.82 Å². The molecule has 1 aliphatic rings. The second-order valence-corrected chi connectivity index (χ2v) is 4.94. The van der Waals surface area contributed by atoms with Crippen molar-refractivity contribution in [3.63, 3.8) is 0 Å². The molecule has 0 aromatic carbocycles. The number of rotatable bonds is 4. The van der Waals surface area contributed by atoms with Gasteiger partial charge in [-0.15, -0.1) is 0 Å². The van der Waals surface area contributed by atoms with Crippen molar-refractivity contribution in [1.29, 1.82) is 0 Å². The Hall–Kier alpha value is -2.21. The van der Waals surface area contributed by atoms with E-state index in [1.165, 1.54) is 0 Å². The van der Waals surface area contributed by atoms with Crippen LogP contribution in [0.4, 0.5) is 5.69 Å². The molecule has 1 unspecified atom stereocenters. The van der Waals surface area contributed by atoms with Crippen LogP contribution < -0.4 is 10.6 Å². The summed E-state index contributed by atoms with van der Waals surface area (Å²) in [5.41, 5.74) is 0.687. The molecular weight excluding hydrogens is 254 g/mol. The molecule has 0 saturated carbocycles. The molecule has 3 heterocycles. The molecule has 1 fully saturated rings. The second kappa shape index (κ2) is 5.83. The van der Waals surface area contributed by atoms with Gasteiger partial charge >= 0.3 is 0 Å². The van der Waals surface area contributed by atoms with Gasteiger partial charge in [-0.3, -0.25) is 4.79 Å². The fourth-order valence-electron chi connectivity index (χ4n) is 2.42. The van der Waals surface area contributed by atoms with E-state index in [2.05, 4.69) is 20.7 Å². The molecule has 6 heteroatoms. The highest BCUT2D eigenvalue weighted by Gasteiger charge is 2.19. The minimum absolute atomic E-state index is 0.0279. The maximum absolute atomic E-state index is 12.1. The molecule has 6 nitrogen and oxygen atoms in total. The van der Waals surface area contributed by atoms with E-state index in [1.54, 1.807) is 29.3 Å². The Balaban J connectivity index is 1.72. The Morgan fingerprint density at radius 3 is 3.15 bits per heavy atom. The van der Waals surface area contributed by atoms with Gasteiger partial charge in [-0.05, 0) is 43.6 Å². The summed E-state index contributed by atoms with van der Waals surface area (Å²) in [6, 6.07) is 5.47. The number of hydrogen-bond donors (Lipinski definition) is 2. The van der Waals surface area contributed by atoms with E-state index in [0.29, 0.717) is 23.8 Å². The summed E-state index contributed by atoms with van der Waals surface area (Å²) >= 11 is 0. The molecule has 2 aromatic rings. The normalized spacial score (nSPS) is 18.1. The molecule has 2 aromatic heterocycles. The molecule has 0 bridgehead atoms. The van der Waals surface area contributed by atoms with Crippen molar-refractivity contribution in [2.24, 2.45) is 5.92 Å². The summed E-state index contributed by atoms with van der Waals surface area (Å²) in [6.45, 7) is 1.93. The van der Waals surface area contributed by atoms with Crippen LogP contribution in [0.1, 0.15) is 12.8 Å². The minimum atomic E-state index is 0.0279. The zero-order chi connectivity index (χ0) is 13.8. The number of nitrogens with one attached hydrogen (secondary N) is 2. The summed E-state index contributed by atoms with van der Waals surface area (Å²) in [4.78, 5) is 16.4. The number of pyridine rings is 1. The van der Waals surface area contributed by atoms with Crippen LogP contribution in [0.2, 0.25) is 0 Å². The molecule has 0 spiro atoms. The summed E-state index contributed by atoms with van der Waals surface area (Å²) in [7, 11) is 0. The number of carbonyl (C=O) groups excluding carboxylic acids is 1. The number of aromatic nitrogens is 3. The molecule has 1 amide bonds. The molecule has 1 atom stereocenters. The third-order valence-electron chi connectivity index (χ3n) is 3.42. The van der Waals surface area contributed by atoms with E-state index in [1.807, 2.05) is 12.1 Å². The first-order valence-electron chi connectivity index (χ1n) is 6.78. The van der Waals surface area contributed by atoms with Crippen molar-refractivity contribution >= 4 is 11.6 Å². The first-order chi connectivity index (χ1) is 9.83. The van der Waals surface area contributed by atoms with E-state index in [-0.39, 0.29) is 5.91 Å². The quantitative estimate of drug-likeness (QED) is 0.876. The predicted molar refractivity (Wildman–Crippen MR) is 75.6 cm³/mol. The van der Waals surface area contributed by atoms with Crippen molar-refractivity contribution in [3.8, 4) is 5.82 Å². The Bertz CT molecular complexity index is 575. The van der Waals surface area contributed by atoms with Gasteiger partial charge in [-0.2, -0.15) is 5.10 Å². The highest BCUT2D eigenvalue weighted by molar-refractivity contribution is 5.92. The van der Waals surface area contributed by atoms with Crippen LogP contribution >= 0.6 is 0 Å². The summed E-state index contributed by atoms with van der Waals surface area (Å²) in [6.07, 6.45) is 6.78. The van der Waals surface area contributed by atoms with E-state index >= 15 is 0 Å². The first-order valence-corrected chi connectivity index (χ1v) is 6.78. The standard InChI is InChI=1S/C14H17N5O/c20-13(9-11-4-7-15-10-11)18-12-3-1-5-16-14(12)19-8-2-6-17-19/h1-3,5-6,8,11,15H,4,7,9-10H2,(H,18,20). The predicted octanol–water partition coefficient (Wildman–Crippen LogP) is 1.21. The van der Waals surface area contributed by atoms with Crippen molar-refractivity contribution in [1.82, 2.24) is 20.1 Å². The van der Waals surface area contributed by atoms with Gasteiger partial charge in [-0.1, -0.05) is 0 Å². The Labute approximate surface area is 117 Å². The lowest BCUT2D eigenvalue weighted by molar-refractivity contribution is -0.116. The van der Waals surface area contributed by atoms with Gasteiger partial charge in [0.1, 0.15) is 0 Å². The van der Waals surface area contributed by atoms with Gasteiger partial charge in [-0.25, -0.2) is 9.67 Å². The summed E-state index contributed by atoms with van der Waals surface area (Å²) < 4.78 is 1.65. The van der Waals surface area contributed by atoms with Gasteiger partial charge in [0, 0.05) is 25.0 Å². The van der Waals surface area contributed by atoms with Gasteiger partial charge in [0.25, 0.3) is 0 Å². The summed E-state index contributed by atoms with van der Waals surface area (Å²) in [5.74, 6) is 1.09. The van der Waals surface area contributed by atoms with Crippen molar-refractivity contribution in [2.75, 3.05) is 18.4 Å². The maximum atomic E-state index is 12.1. The molecule has 3 rings (SSSR count). The lowest BCUT2D eigenvalue weighted by Gasteiger charge is -2.12. The molecular formula is C14H17N5O. The molecule has 0 aliphatic carbocycles. The minimum Gasteiger partial charge on any atom is -0.323 e. The van der Waals surface area contributed by atoms with Crippen molar-refractivity contribution in [2.45, 2.75) is 12.8 Å². The highest BCUT2D eigenvalue weighted by Crippen LogP contribution is 2.18. The van der Waals surface area contributed by atoms with E-state index in [0.717, 1.165) is 19.5 Å². The van der Waals surface area contributed by atoms with Crippen LogP contribution in [0.25, 0.3) is 5.82 Å². The largest absolute Gasteiger partial charge is 0.323 e. The lowest BCUT2D eigenvalue weighted by atomic mass is 10.0. The number of hydrogen-bond acceptors (Lipinski definition) is 4. The molecule has 0 radical (unpaired) electrons. The Morgan fingerprint density at radius 1 is 1.45 bits per heavy atom. The number of anilines is 1. The molecule has 104 valence electrons. The molecule has 1 aliphatic heterocycles. The van der Waals surface area contributed by atoms with Crippen molar-refractivity contribution < 1.29 is 4.79 Å². The smallest absolute Gasteiger partial charge is 0.224 e. The maximum Gasteiger partial charge on any atom is 0.224 e. The fraction of sp³-hybridized carbons (Fsp3) is 0.357. The van der Waals surface area contributed by atoms with Gasteiger partial charge < -0.3 is 10.6 Å².